The Morgan fingerprint density at radius 3 is 2.88 bits per heavy atom. The highest BCUT2D eigenvalue weighted by Crippen LogP contribution is 2.29. The zero-order chi connectivity index (χ0) is 11.1. The fraction of sp³-hybridized carbons (Fsp3) is 0.308. The summed E-state index contributed by atoms with van der Waals surface area (Å²) in [6, 6.07) is 4.39. The maximum absolute atomic E-state index is 5.72. The second-order valence-corrected chi connectivity index (χ2v) is 4.37. The molecule has 3 heteroatoms. The van der Waals surface area contributed by atoms with E-state index in [-0.39, 0.29) is 0 Å². The van der Waals surface area contributed by atoms with Gasteiger partial charge in [-0.25, -0.2) is 4.58 Å². The highest BCUT2D eigenvalue weighted by Gasteiger charge is 2.21. The lowest BCUT2D eigenvalue weighted by Crippen LogP contribution is -2.19. The smallest absolute Gasteiger partial charge is 0.230 e. The number of aromatic nitrogens is 1. The molecule has 2 aromatic rings. The molecule has 0 bridgehead atoms. The van der Waals surface area contributed by atoms with Crippen LogP contribution in [0.4, 0.5) is 5.69 Å². The van der Waals surface area contributed by atoms with Crippen LogP contribution in [0.3, 0.4) is 0 Å². The van der Waals surface area contributed by atoms with Gasteiger partial charge in [0, 0.05) is 6.54 Å². The first kappa shape index (κ1) is 9.60. The molecule has 0 amide bonds. The quantitative estimate of drug-likeness (QED) is 0.738. The second-order valence-electron chi connectivity index (χ2n) is 4.37. The van der Waals surface area contributed by atoms with Crippen LogP contribution in [0.1, 0.15) is 17.5 Å². The first-order valence-electron chi connectivity index (χ1n) is 5.70. The van der Waals surface area contributed by atoms with Crippen LogP contribution >= 0.6 is 0 Å². The predicted molar refractivity (Wildman–Crippen MR) is 66.4 cm³/mol. The van der Waals surface area contributed by atoms with E-state index in [0.29, 0.717) is 6.54 Å². The minimum absolute atomic E-state index is 0.603. The van der Waals surface area contributed by atoms with E-state index >= 15 is 0 Å². The highest BCUT2D eigenvalue weighted by atomic mass is 15.1. The van der Waals surface area contributed by atoms with E-state index in [9.17, 15) is 0 Å². The SMILES string of the molecule is Cc1cc2c([N+]3=CCC3)c[nH]c2cc1CN. The van der Waals surface area contributed by atoms with Crippen molar-refractivity contribution in [2.45, 2.75) is 19.9 Å². The molecule has 0 unspecified atom stereocenters. The van der Waals surface area contributed by atoms with Gasteiger partial charge in [-0.3, -0.25) is 0 Å². The van der Waals surface area contributed by atoms with Crippen molar-refractivity contribution in [1.82, 2.24) is 4.98 Å². The molecule has 3 N–H and O–H groups in total. The zero-order valence-electron chi connectivity index (χ0n) is 9.46. The van der Waals surface area contributed by atoms with E-state index in [0.717, 1.165) is 6.54 Å². The van der Waals surface area contributed by atoms with Gasteiger partial charge in [0.2, 0.25) is 5.69 Å². The van der Waals surface area contributed by atoms with Crippen LogP contribution in [-0.2, 0) is 6.54 Å². The minimum atomic E-state index is 0.603. The van der Waals surface area contributed by atoms with Gasteiger partial charge in [-0.05, 0) is 30.2 Å². The molecule has 0 aliphatic carbocycles. The Labute approximate surface area is 94.6 Å². The predicted octanol–water partition coefficient (Wildman–Crippen LogP) is 2.05. The van der Waals surface area contributed by atoms with Crippen molar-refractivity contribution in [3.63, 3.8) is 0 Å². The average molecular weight is 214 g/mol. The Morgan fingerprint density at radius 2 is 2.25 bits per heavy atom. The number of rotatable bonds is 2. The van der Waals surface area contributed by atoms with Crippen molar-refractivity contribution in [2.75, 3.05) is 6.54 Å². The Balaban J connectivity index is 2.23. The molecule has 3 nitrogen and oxygen atoms in total. The largest absolute Gasteiger partial charge is 0.355 e. The number of fused-ring (bicyclic) bond motifs is 1. The first-order valence-corrected chi connectivity index (χ1v) is 5.70. The van der Waals surface area contributed by atoms with Crippen LogP contribution in [-0.4, -0.2) is 22.3 Å². The average Bonchev–Trinajstić information content (AvgIpc) is 2.58. The summed E-state index contributed by atoms with van der Waals surface area (Å²) in [7, 11) is 0. The number of aromatic amines is 1. The number of nitrogens with zero attached hydrogens (tertiary/aromatic N) is 1. The molecule has 0 saturated carbocycles. The monoisotopic (exact) mass is 214 g/mol. The van der Waals surface area contributed by atoms with E-state index in [1.807, 2.05) is 0 Å². The van der Waals surface area contributed by atoms with Crippen LogP contribution < -0.4 is 5.73 Å². The summed E-state index contributed by atoms with van der Waals surface area (Å²) < 4.78 is 2.29. The molecule has 0 spiro atoms. The lowest BCUT2D eigenvalue weighted by molar-refractivity contribution is -0.459. The molecule has 16 heavy (non-hydrogen) atoms. The lowest BCUT2D eigenvalue weighted by atomic mass is 10.1. The molecule has 1 aromatic heterocycles. The molecule has 1 aliphatic rings. The number of H-pyrrole nitrogens is 1. The van der Waals surface area contributed by atoms with Gasteiger partial charge in [-0.2, -0.15) is 0 Å². The summed E-state index contributed by atoms with van der Waals surface area (Å²) in [4.78, 5) is 3.32. The maximum atomic E-state index is 5.72. The van der Waals surface area contributed by atoms with Crippen LogP contribution in [0.15, 0.2) is 18.3 Å². The van der Waals surface area contributed by atoms with Crippen molar-refractivity contribution in [3.8, 4) is 0 Å². The Morgan fingerprint density at radius 1 is 1.44 bits per heavy atom. The summed E-state index contributed by atoms with van der Waals surface area (Å²) in [5.74, 6) is 0. The Bertz CT molecular complexity index is 578. The third kappa shape index (κ3) is 1.28. The number of nitrogens with one attached hydrogen (secondary N) is 1. The van der Waals surface area contributed by atoms with E-state index in [1.165, 1.54) is 34.1 Å². The number of hydrogen-bond acceptors (Lipinski definition) is 1. The van der Waals surface area contributed by atoms with Crippen LogP contribution in [0.25, 0.3) is 10.9 Å². The van der Waals surface area contributed by atoms with Gasteiger partial charge in [0.25, 0.3) is 0 Å². The van der Waals surface area contributed by atoms with Gasteiger partial charge in [0.1, 0.15) is 0 Å². The third-order valence-electron chi connectivity index (χ3n) is 3.37. The fourth-order valence-electron chi connectivity index (χ4n) is 2.24. The van der Waals surface area contributed by atoms with Gasteiger partial charge in [-0.15, -0.1) is 0 Å². The van der Waals surface area contributed by atoms with Crippen LogP contribution in [0.5, 0.6) is 0 Å². The van der Waals surface area contributed by atoms with Gasteiger partial charge >= 0.3 is 0 Å². The molecule has 0 radical (unpaired) electrons. The van der Waals surface area contributed by atoms with E-state index in [2.05, 4.69) is 41.0 Å². The molecule has 1 aromatic carbocycles. The lowest BCUT2D eigenvalue weighted by Gasteiger charge is -2.07. The number of aryl methyl sites for hydroxylation is 1. The molecule has 3 rings (SSSR count). The van der Waals surface area contributed by atoms with Gasteiger partial charge in [0.15, 0.2) is 12.8 Å². The third-order valence-corrected chi connectivity index (χ3v) is 3.37. The van der Waals surface area contributed by atoms with Crippen molar-refractivity contribution < 1.29 is 4.58 Å². The molecule has 82 valence electrons. The summed E-state index contributed by atoms with van der Waals surface area (Å²) in [6.07, 6.45) is 5.50. The molecule has 2 heterocycles. The van der Waals surface area contributed by atoms with Crippen molar-refractivity contribution >= 4 is 22.8 Å². The van der Waals surface area contributed by atoms with Crippen molar-refractivity contribution in [2.24, 2.45) is 5.73 Å². The van der Waals surface area contributed by atoms with Gasteiger partial charge in [-0.1, -0.05) is 0 Å². The van der Waals surface area contributed by atoms with E-state index in [1.54, 1.807) is 0 Å². The van der Waals surface area contributed by atoms with Gasteiger partial charge < -0.3 is 10.7 Å². The molecular formula is C13H16N3+. The van der Waals surface area contributed by atoms with E-state index < -0.39 is 0 Å². The number of nitrogens with two attached hydrogens (primary N) is 1. The fourth-order valence-corrected chi connectivity index (χ4v) is 2.24. The zero-order valence-corrected chi connectivity index (χ0v) is 9.46. The standard InChI is InChI=1S/C13H16N3/c1-9-5-11-12(6-10(9)7-14)15-8-13(11)16-3-2-4-16/h3,5-6,8,15H,2,4,7,14H2,1H3/q+1. The summed E-state index contributed by atoms with van der Waals surface area (Å²) in [6.45, 7) is 3.86. The second kappa shape index (κ2) is 3.46. The summed E-state index contributed by atoms with van der Waals surface area (Å²) in [5, 5.41) is 1.30. The molecule has 0 saturated heterocycles. The van der Waals surface area contributed by atoms with Crippen molar-refractivity contribution in [3.05, 3.63) is 29.5 Å². The number of benzene rings is 1. The number of hydrogen-bond donors (Lipinski definition) is 2. The molecule has 1 aliphatic heterocycles. The Hall–Kier alpha value is -1.61. The topological polar surface area (TPSA) is 44.8 Å². The molecule has 0 fully saturated rings. The Kier molecular flexibility index (Phi) is 2.07. The maximum Gasteiger partial charge on any atom is 0.230 e. The molecule has 0 atom stereocenters. The summed E-state index contributed by atoms with van der Waals surface area (Å²) >= 11 is 0. The van der Waals surface area contributed by atoms with Crippen LogP contribution in [0.2, 0.25) is 0 Å². The summed E-state index contributed by atoms with van der Waals surface area (Å²) in [5.41, 5.74) is 10.7. The normalized spacial score (nSPS) is 15.0. The van der Waals surface area contributed by atoms with Crippen molar-refractivity contribution in [1.29, 1.82) is 0 Å². The minimum Gasteiger partial charge on any atom is -0.355 e. The van der Waals surface area contributed by atoms with Crippen LogP contribution in [0, 0.1) is 6.92 Å². The first-order chi connectivity index (χ1) is 7.79. The highest BCUT2D eigenvalue weighted by molar-refractivity contribution is 5.90. The molecular weight excluding hydrogens is 198 g/mol. The van der Waals surface area contributed by atoms with E-state index in [4.69, 9.17) is 5.73 Å². The van der Waals surface area contributed by atoms with Gasteiger partial charge in [0.05, 0.1) is 23.5 Å².